The summed E-state index contributed by atoms with van der Waals surface area (Å²) >= 11 is 1.71. The highest BCUT2D eigenvalue weighted by Gasteiger charge is 2.07. The van der Waals surface area contributed by atoms with E-state index in [1.54, 1.807) is 18.7 Å². The summed E-state index contributed by atoms with van der Waals surface area (Å²) in [6.45, 7) is 2.08. The molecule has 0 bridgehead atoms. The molecular formula is C12H13NOS. The van der Waals surface area contributed by atoms with Crippen molar-refractivity contribution in [3.63, 3.8) is 0 Å². The van der Waals surface area contributed by atoms with Gasteiger partial charge in [-0.15, -0.1) is 11.8 Å². The molecule has 0 amide bonds. The number of rotatable bonds is 3. The van der Waals surface area contributed by atoms with E-state index in [0.29, 0.717) is 6.54 Å². The second kappa shape index (κ2) is 4.11. The molecule has 0 unspecified atom stereocenters. The van der Waals surface area contributed by atoms with Crippen LogP contribution < -0.4 is 0 Å². The molecule has 0 saturated carbocycles. The van der Waals surface area contributed by atoms with E-state index >= 15 is 0 Å². The third kappa shape index (κ3) is 1.92. The molecule has 0 atom stereocenters. The zero-order valence-electron chi connectivity index (χ0n) is 8.86. The lowest BCUT2D eigenvalue weighted by Gasteiger charge is -2.00. The SMILES string of the molecule is CSc1cn(CC(C)=O)c2ccccc12. The average molecular weight is 219 g/mol. The molecule has 2 nitrogen and oxygen atoms in total. The molecule has 0 aliphatic carbocycles. The van der Waals surface area contributed by atoms with E-state index in [2.05, 4.69) is 24.6 Å². The van der Waals surface area contributed by atoms with Crippen molar-refractivity contribution in [2.24, 2.45) is 0 Å². The van der Waals surface area contributed by atoms with E-state index in [9.17, 15) is 4.79 Å². The van der Waals surface area contributed by atoms with Crippen molar-refractivity contribution in [2.45, 2.75) is 18.4 Å². The Morgan fingerprint density at radius 1 is 1.40 bits per heavy atom. The second-order valence-corrected chi connectivity index (χ2v) is 4.39. The van der Waals surface area contributed by atoms with E-state index in [4.69, 9.17) is 0 Å². The van der Waals surface area contributed by atoms with Crippen molar-refractivity contribution in [2.75, 3.05) is 6.26 Å². The highest BCUT2D eigenvalue weighted by atomic mass is 32.2. The Labute approximate surface area is 93.3 Å². The number of nitrogens with zero attached hydrogens (tertiary/aromatic N) is 1. The zero-order valence-corrected chi connectivity index (χ0v) is 9.67. The van der Waals surface area contributed by atoms with Gasteiger partial charge >= 0.3 is 0 Å². The van der Waals surface area contributed by atoms with Crippen molar-refractivity contribution in [1.29, 1.82) is 0 Å². The number of ketones is 1. The molecule has 15 heavy (non-hydrogen) atoms. The van der Waals surface area contributed by atoms with E-state index < -0.39 is 0 Å². The van der Waals surface area contributed by atoms with Gasteiger partial charge in [0.25, 0.3) is 0 Å². The fraction of sp³-hybridized carbons (Fsp3) is 0.250. The van der Waals surface area contributed by atoms with Crippen LogP contribution in [0.1, 0.15) is 6.92 Å². The molecule has 3 heteroatoms. The first-order valence-corrected chi connectivity index (χ1v) is 6.06. The molecule has 2 rings (SSSR count). The summed E-state index contributed by atoms with van der Waals surface area (Å²) in [7, 11) is 0. The van der Waals surface area contributed by atoms with Gasteiger partial charge in [0.05, 0.1) is 6.54 Å². The molecule has 1 aromatic carbocycles. The van der Waals surface area contributed by atoms with Gasteiger partial charge < -0.3 is 4.57 Å². The molecule has 78 valence electrons. The summed E-state index contributed by atoms with van der Waals surface area (Å²) in [4.78, 5) is 12.4. The van der Waals surface area contributed by atoms with Crippen LogP contribution in [0.4, 0.5) is 0 Å². The summed E-state index contributed by atoms with van der Waals surface area (Å²) in [6, 6.07) is 8.18. The Kier molecular flexibility index (Phi) is 2.82. The van der Waals surface area contributed by atoms with Crippen LogP contribution in [0.15, 0.2) is 35.4 Å². The number of carbonyl (C=O) groups excluding carboxylic acids is 1. The standard InChI is InChI=1S/C12H13NOS/c1-9(14)7-13-8-12(15-2)10-5-3-4-6-11(10)13/h3-6,8H,7H2,1-2H3. The van der Waals surface area contributed by atoms with E-state index in [0.717, 1.165) is 5.52 Å². The van der Waals surface area contributed by atoms with Crippen LogP contribution in [0.25, 0.3) is 10.9 Å². The van der Waals surface area contributed by atoms with Crippen LogP contribution >= 0.6 is 11.8 Å². The molecule has 1 aromatic heterocycles. The fourth-order valence-corrected chi connectivity index (χ4v) is 2.37. The van der Waals surface area contributed by atoms with Crippen LogP contribution in [0, 0.1) is 0 Å². The van der Waals surface area contributed by atoms with Crippen molar-refractivity contribution < 1.29 is 4.79 Å². The topological polar surface area (TPSA) is 22.0 Å². The average Bonchev–Trinajstić information content (AvgIpc) is 2.56. The molecular weight excluding hydrogens is 206 g/mol. The van der Waals surface area contributed by atoms with Gasteiger partial charge in [-0.05, 0) is 19.2 Å². The minimum absolute atomic E-state index is 0.184. The Bertz CT molecular complexity index is 501. The number of hydrogen-bond acceptors (Lipinski definition) is 2. The van der Waals surface area contributed by atoms with Crippen LogP contribution in [-0.2, 0) is 11.3 Å². The molecule has 0 saturated heterocycles. The fourth-order valence-electron chi connectivity index (χ4n) is 1.75. The van der Waals surface area contributed by atoms with E-state index in [1.807, 2.05) is 16.7 Å². The predicted molar refractivity (Wildman–Crippen MR) is 64.4 cm³/mol. The Balaban J connectivity index is 2.59. The molecule has 0 spiro atoms. The van der Waals surface area contributed by atoms with Crippen LogP contribution in [0.3, 0.4) is 0 Å². The Morgan fingerprint density at radius 2 is 2.13 bits per heavy atom. The highest BCUT2D eigenvalue weighted by Crippen LogP contribution is 2.28. The summed E-state index contributed by atoms with van der Waals surface area (Å²) in [5.74, 6) is 0.184. The maximum Gasteiger partial charge on any atom is 0.149 e. The van der Waals surface area contributed by atoms with E-state index in [-0.39, 0.29) is 5.78 Å². The monoisotopic (exact) mass is 219 g/mol. The summed E-state index contributed by atoms with van der Waals surface area (Å²) < 4.78 is 2.02. The maximum atomic E-state index is 11.1. The lowest BCUT2D eigenvalue weighted by atomic mass is 10.2. The van der Waals surface area contributed by atoms with E-state index in [1.165, 1.54) is 10.3 Å². The summed E-state index contributed by atoms with van der Waals surface area (Å²) in [5, 5.41) is 1.23. The summed E-state index contributed by atoms with van der Waals surface area (Å²) in [5.41, 5.74) is 1.14. The first kappa shape index (κ1) is 10.3. The maximum absolute atomic E-state index is 11.1. The molecule has 0 fully saturated rings. The number of Topliss-reactive ketones (excluding diaryl/α,β-unsaturated/α-hetero) is 1. The largest absolute Gasteiger partial charge is 0.339 e. The number of hydrogen-bond donors (Lipinski definition) is 0. The van der Waals surface area contributed by atoms with Gasteiger partial charge in [-0.25, -0.2) is 0 Å². The molecule has 0 aliphatic heterocycles. The lowest BCUT2D eigenvalue weighted by Crippen LogP contribution is -2.04. The number of aromatic nitrogens is 1. The number of para-hydroxylation sites is 1. The van der Waals surface area contributed by atoms with Crippen molar-refractivity contribution in [3.8, 4) is 0 Å². The quantitative estimate of drug-likeness (QED) is 0.740. The second-order valence-electron chi connectivity index (χ2n) is 3.54. The van der Waals surface area contributed by atoms with Gasteiger partial charge in [0.15, 0.2) is 0 Å². The normalized spacial score (nSPS) is 10.8. The molecule has 0 N–H and O–H groups in total. The van der Waals surface area contributed by atoms with Gasteiger partial charge in [0, 0.05) is 22.0 Å². The predicted octanol–water partition coefficient (Wildman–Crippen LogP) is 2.95. The van der Waals surface area contributed by atoms with Crippen LogP contribution in [0.2, 0.25) is 0 Å². The van der Waals surface area contributed by atoms with Gasteiger partial charge in [-0.1, -0.05) is 18.2 Å². The number of carbonyl (C=O) groups is 1. The third-order valence-corrected chi connectivity index (χ3v) is 3.13. The lowest BCUT2D eigenvalue weighted by molar-refractivity contribution is -0.117. The first-order valence-electron chi connectivity index (χ1n) is 4.83. The van der Waals surface area contributed by atoms with Gasteiger partial charge in [-0.2, -0.15) is 0 Å². The molecule has 0 radical (unpaired) electrons. The van der Waals surface area contributed by atoms with Crippen molar-refractivity contribution >= 4 is 28.4 Å². The Hall–Kier alpha value is -1.22. The number of fused-ring (bicyclic) bond motifs is 1. The van der Waals surface area contributed by atoms with Gasteiger partial charge in [0.1, 0.15) is 5.78 Å². The zero-order chi connectivity index (χ0) is 10.8. The molecule has 1 heterocycles. The van der Waals surface area contributed by atoms with Gasteiger partial charge in [-0.3, -0.25) is 4.79 Å². The minimum Gasteiger partial charge on any atom is -0.339 e. The Morgan fingerprint density at radius 3 is 2.80 bits per heavy atom. The van der Waals surface area contributed by atoms with Gasteiger partial charge in [0.2, 0.25) is 0 Å². The van der Waals surface area contributed by atoms with Crippen LogP contribution in [-0.4, -0.2) is 16.6 Å². The molecule has 0 aliphatic rings. The van der Waals surface area contributed by atoms with Crippen molar-refractivity contribution in [1.82, 2.24) is 4.57 Å². The first-order chi connectivity index (χ1) is 7.22. The smallest absolute Gasteiger partial charge is 0.149 e. The molecule has 2 aromatic rings. The van der Waals surface area contributed by atoms with Crippen LogP contribution in [0.5, 0.6) is 0 Å². The highest BCUT2D eigenvalue weighted by molar-refractivity contribution is 7.98. The number of benzene rings is 1. The third-order valence-electron chi connectivity index (χ3n) is 2.36. The number of thioether (sulfide) groups is 1. The van der Waals surface area contributed by atoms with Crippen molar-refractivity contribution in [3.05, 3.63) is 30.5 Å². The summed E-state index contributed by atoms with van der Waals surface area (Å²) in [6.07, 6.45) is 4.11. The minimum atomic E-state index is 0.184.